The van der Waals surface area contributed by atoms with E-state index in [9.17, 15) is 14.7 Å². The van der Waals surface area contributed by atoms with E-state index in [0.717, 1.165) is 25.2 Å². The molecule has 2 aromatic rings. The van der Waals surface area contributed by atoms with E-state index in [2.05, 4.69) is 4.90 Å². The summed E-state index contributed by atoms with van der Waals surface area (Å²) in [7, 11) is 0. The quantitative estimate of drug-likeness (QED) is 0.719. The number of amides is 1. The molecule has 0 unspecified atom stereocenters. The first kappa shape index (κ1) is 20.4. The van der Waals surface area contributed by atoms with Crippen molar-refractivity contribution in [3.8, 4) is 5.75 Å². The zero-order chi connectivity index (χ0) is 19.9. The summed E-state index contributed by atoms with van der Waals surface area (Å²) in [6.07, 6.45) is 1.32. The van der Waals surface area contributed by atoms with Gasteiger partial charge in [-0.3, -0.25) is 14.5 Å². The lowest BCUT2D eigenvalue weighted by molar-refractivity contribution is -0.133. The minimum atomic E-state index is 0.0420. The fraction of sp³-hybridized carbons (Fsp3) is 0.364. The van der Waals surface area contributed by atoms with Gasteiger partial charge in [0.15, 0.2) is 5.78 Å². The molecule has 0 aromatic heterocycles. The van der Waals surface area contributed by atoms with E-state index in [1.54, 1.807) is 36.4 Å². The number of hydrogen-bond acceptors (Lipinski definition) is 4. The maximum absolute atomic E-state index is 12.4. The standard InChI is InChI=1S/C22H25ClN2O3/c23-19-9-7-18(8-10-19)21(27)5-2-6-22(28)25-13-11-24(12-14-25)16-17-3-1-4-20(26)15-17/h1,3-4,7-10,15,26H,2,5-6,11-14,16H2. The fourth-order valence-electron chi connectivity index (χ4n) is 3.41. The topological polar surface area (TPSA) is 60.9 Å². The summed E-state index contributed by atoms with van der Waals surface area (Å²) in [6, 6.07) is 14.1. The number of carbonyl (C=O) groups excluding carboxylic acids is 2. The van der Waals surface area contributed by atoms with Crippen molar-refractivity contribution in [1.29, 1.82) is 0 Å². The van der Waals surface area contributed by atoms with Crippen LogP contribution >= 0.6 is 11.6 Å². The van der Waals surface area contributed by atoms with Gasteiger partial charge in [0.05, 0.1) is 0 Å². The van der Waals surface area contributed by atoms with E-state index in [0.29, 0.717) is 42.9 Å². The molecule has 6 heteroatoms. The summed E-state index contributed by atoms with van der Waals surface area (Å²) in [5.74, 6) is 0.431. The molecule has 3 rings (SSSR count). The summed E-state index contributed by atoms with van der Waals surface area (Å²) in [5, 5.41) is 10.2. The van der Waals surface area contributed by atoms with Gasteiger partial charge in [0.2, 0.25) is 5.91 Å². The molecule has 1 aliphatic heterocycles. The Morgan fingerprint density at radius 3 is 2.36 bits per heavy atom. The number of Topliss-reactive ketones (excluding diaryl/α,β-unsaturated/α-hetero) is 1. The Labute approximate surface area is 170 Å². The SMILES string of the molecule is O=C(CCCC(=O)N1CCN(Cc2cccc(O)c2)CC1)c1ccc(Cl)cc1. The fourth-order valence-corrected chi connectivity index (χ4v) is 3.53. The number of piperazine rings is 1. The number of ketones is 1. The van der Waals surface area contributed by atoms with Gasteiger partial charge in [-0.1, -0.05) is 23.7 Å². The Balaban J connectivity index is 1.38. The number of carbonyl (C=O) groups is 2. The number of phenols is 1. The molecule has 1 N–H and O–H groups in total. The average Bonchev–Trinajstić information content (AvgIpc) is 2.69. The van der Waals surface area contributed by atoms with E-state index in [1.807, 2.05) is 17.0 Å². The molecular formula is C22H25ClN2O3. The second-order valence-electron chi connectivity index (χ2n) is 7.11. The third kappa shape index (κ3) is 5.81. The van der Waals surface area contributed by atoms with E-state index < -0.39 is 0 Å². The van der Waals surface area contributed by atoms with Crippen molar-refractivity contribution >= 4 is 23.3 Å². The van der Waals surface area contributed by atoms with Gasteiger partial charge in [-0.15, -0.1) is 0 Å². The molecule has 0 radical (unpaired) electrons. The van der Waals surface area contributed by atoms with Gasteiger partial charge in [0.1, 0.15) is 5.75 Å². The lowest BCUT2D eigenvalue weighted by atomic mass is 10.1. The van der Waals surface area contributed by atoms with E-state index >= 15 is 0 Å². The Morgan fingerprint density at radius 1 is 0.964 bits per heavy atom. The molecule has 0 atom stereocenters. The first-order valence-electron chi connectivity index (χ1n) is 9.58. The molecule has 1 amide bonds. The van der Waals surface area contributed by atoms with Crippen LogP contribution in [0, 0.1) is 0 Å². The van der Waals surface area contributed by atoms with Crippen molar-refractivity contribution < 1.29 is 14.7 Å². The molecule has 2 aromatic carbocycles. The summed E-state index contributed by atoms with van der Waals surface area (Å²) >= 11 is 5.83. The van der Waals surface area contributed by atoms with Crippen molar-refractivity contribution in [2.75, 3.05) is 26.2 Å². The van der Waals surface area contributed by atoms with Crippen LogP contribution < -0.4 is 0 Å². The molecule has 1 saturated heterocycles. The smallest absolute Gasteiger partial charge is 0.222 e. The number of nitrogens with zero attached hydrogens (tertiary/aromatic N) is 2. The van der Waals surface area contributed by atoms with Crippen molar-refractivity contribution in [1.82, 2.24) is 9.80 Å². The molecule has 5 nitrogen and oxygen atoms in total. The van der Waals surface area contributed by atoms with Gasteiger partial charge in [-0.25, -0.2) is 0 Å². The minimum absolute atomic E-state index is 0.0420. The highest BCUT2D eigenvalue weighted by atomic mass is 35.5. The lowest BCUT2D eigenvalue weighted by Crippen LogP contribution is -2.48. The van der Waals surface area contributed by atoms with Crippen molar-refractivity contribution in [2.24, 2.45) is 0 Å². The Hall–Kier alpha value is -2.37. The van der Waals surface area contributed by atoms with E-state index in [1.165, 1.54) is 0 Å². The van der Waals surface area contributed by atoms with Crippen LogP contribution in [0.2, 0.25) is 5.02 Å². The maximum Gasteiger partial charge on any atom is 0.222 e. The summed E-state index contributed by atoms with van der Waals surface area (Å²) in [6.45, 7) is 3.79. The number of halogens is 1. The minimum Gasteiger partial charge on any atom is -0.508 e. The molecule has 148 valence electrons. The normalized spacial score (nSPS) is 14.8. The van der Waals surface area contributed by atoms with Crippen LogP contribution in [-0.4, -0.2) is 52.8 Å². The molecule has 28 heavy (non-hydrogen) atoms. The van der Waals surface area contributed by atoms with Crippen molar-refractivity contribution in [2.45, 2.75) is 25.8 Å². The molecule has 0 bridgehead atoms. The molecule has 1 fully saturated rings. The number of aromatic hydroxyl groups is 1. The van der Waals surface area contributed by atoms with Crippen LogP contribution in [0.15, 0.2) is 48.5 Å². The maximum atomic E-state index is 12.4. The van der Waals surface area contributed by atoms with Gasteiger partial charge in [-0.05, 0) is 48.4 Å². The lowest BCUT2D eigenvalue weighted by Gasteiger charge is -2.34. The molecule has 0 aliphatic carbocycles. The molecule has 1 heterocycles. The van der Waals surface area contributed by atoms with Gasteiger partial charge >= 0.3 is 0 Å². The largest absolute Gasteiger partial charge is 0.508 e. The second kappa shape index (κ2) is 9.71. The van der Waals surface area contributed by atoms with Crippen molar-refractivity contribution in [3.05, 3.63) is 64.7 Å². The third-order valence-electron chi connectivity index (χ3n) is 5.00. The van der Waals surface area contributed by atoms with Crippen LogP contribution in [0.5, 0.6) is 5.75 Å². The van der Waals surface area contributed by atoms with Gasteiger partial charge in [0, 0.05) is 56.2 Å². The number of phenolic OH excluding ortho intramolecular Hbond substituents is 1. The van der Waals surface area contributed by atoms with Crippen molar-refractivity contribution in [3.63, 3.8) is 0 Å². The predicted molar refractivity (Wildman–Crippen MR) is 110 cm³/mol. The highest BCUT2D eigenvalue weighted by molar-refractivity contribution is 6.30. The average molecular weight is 401 g/mol. The van der Waals surface area contributed by atoms with Crippen LogP contribution in [0.4, 0.5) is 0 Å². The number of benzene rings is 2. The van der Waals surface area contributed by atoms with E-state index in [-0.39, 0.29) is 17.4 Å². The molecular weight excluding hydrogens is 376 g/mol. The number of rotatable bonds is 7. The first-order valence-corrected chi connectivity index (χ1v) is 9.96. The van der Waals surface area contributed by atoms with Crippen LogP contribution in [0.1, 0.15) is 35.2 Å². The van der Waals surface area contributed by atoms with Crippen LogP contribution in [0.3, 0.4) is 0 Å². The third-order valence-corrected chi connectivity index (χ3v) is 5.25. The zero-order valence-corrected chi connectivity index (χ0v) is 16.6. The summed E-state index contributed by atoms with van der Waals surface area (Å²) in [5.41, 5.74) is 1.71. The predicted octanol–water partition coefficient (Wildman–Crippen LogP) is 3.74. The van der Waals surface area contributed by atoms with Gasteiger partial charge in [0.25, 0.3) is 0 Å². The first-order chi connectivity index (χ1) is 13.5. The van der Waals surface area contributed by atoms with Crippen LogP contribution in [0.25, 0.3) is 0 Å². The van der Waals surface area contributed by atoms with Gasteiger partial charge in [-0.2, -0.15) is 0 Å². The highest BCUT2D eigenvalue weighted by Crippen LogP contribution is 2.16. The monoisotopic (exact) mass is 400 g/mol. The molecule has 0 spiro atoms. The Morgan fingerprint density at radius 2 is 1.68 bits per heavy atom. The zero-order valence-electron chi connectivity index (χ0n) is 15.8. The highest BCUT2D eigenvalue weighted by Gasteiger charge is 2.21. The Bertz CT molecular complexity index is 815. The summed E-state index contributed by atoms with van der Waals surface area (Å²) < 4.78 is 0. The van der Waals surface area contributed by atoms with E-state index in [4.69, 9.17) is 11.6 Å². The molecule has 0 saturated carbocycles. The number of hydrogen-bond donors (Lipinski definition) is 1. The molecule has 1 aliphatic rings. The van der Waals surface area contributed by atoms with Crippen LogP contribution in [-0.2, 0) is 11.3 Å². The second-order valence-corrected chi connectivity index (χ2v) is 7.55. The Kier molecular flexibility index (Phi) is 7.06. The van der Waals surface area contributed by atoms with Gasteiger partial charge < -0.3 is 10.0 Å². The summed E-state index contributed by atoms with van der Waals surface area (Å²) in [4.78, 5) is 28.7.